The molecule has 1 aliphatic heterocycles. The van der Waals surface area contributed by atoms with Crippen LogP contribution in [0, 0.1) is 5.92 Å². The minimum Gasteiger partial charge on any atom is -0.347 e. The summed E-state index contributed by atoms with van der Waals surface area (Å²) in [5.74, 6) is 0.730. The van der Waals surface area contributed by atoms with E-state index in [1.165, 1.54) is 0 Å². The van der Waals surface area contributed by atoms with E-state index in [2.05, 4.69) is 29.0 Å². The maximum atomic E-state index is 12.2. The number of amides is 1. The maximum absolute atomic E-state index is 12.2. The monoisotopic (exact) mass is 295 g/mol. The Bertz CT molecular complexity index is 399. The first-order valence-corrected chi connectivity index (χ1v) is 8.52. The number of nitrogens with one attached hydrogen (secondary N) is 1. The van der Waals surface area contributed by atoms with Crippen LogP contribution in [-0.4, -0.2) is 35.4 Å². The van der Waals surface area contributed by atoms with E-state index < -0.39 is 0 Å². The Morgan fingerprint density at radius 1 is 1.50 bits per heavy atom. The third kappa shape index (κ3) is 4.28. The van der Waals surface area contributed by atoms with Gasteiger partial charge in [-0.2, -0.15) is 0 Å². The van der Waals surface area contributed by atoms with Crippen molar-refractivity contribution in [2.45, 2.75) is 45.6 Å². The van der Waals surface area contributed by atoms with Gasteiger partial charge in [-0.15, -0.1) is 11.3 Å². The number of aromatic nitrogens is 1. The average molecular weight is 295 g/mol. The van der Waals surface area contributed by atoms with Crippen molar-refractivity contribution < 1.29 is 4.79 Å². The second-order valence-electron chi connectivity index (χ2n) is 5.48. The van der Waals surface area contributed by atoms with Gasteiger partial charge < -0.3 is 10.2 Å². The summed E-state index contributed by atoms with van der Waals surface area (Å²) >= 11 is 1.61. The van der Waals surface area contributed by atoms with Gasteiger partial charge in [0, 0.05) is 18.0 Å². The summed E-state index contributed by atoms with van der Waals surface area (Å²) in [4.78, 5) is 18.9. The Morgan fingerprint density at radius 2 is 2.25 bits per heavy atom. The first kappa shape index (κ1) is 15.4. The minimum atomic E-state index is 0.0817. The van der Waals surface area contributed by atoms with Crippen molar-refractivity contribution in [1.82, 2.24) is 15.2 Å². The van der Waals surface area contributed by atoms with Gasteiger partial charge in [0.2, 0.25) is 5.91 Å². The van der Waals surface area contributed by atoms with Crippen molar-refractivity contribution >= 4 is 17.2 Å². The Labute approximate surface area is 125 Å². The maximum Gasteiger partial charge on any atom is 0.220 e. The highest BCUT2D eigenvalue weighted by Crippen LogP contribution is 2.22. The molecule has 2 rings (SSSR count). The molecule has 1 atom stereocenters. The van der Waals surface area contributed by atoms with Crippen LogP contribution in [0.2, 0.25) is 0 Å². The first-order chi connectivity index (χ1) is 9.72. The molecule has 1 aromatic rings. The quantitative estimate of drug-likeness (QED) is 0.878. The lowest BCUT2D eigenvalue weighted by atomic mass is 9.93. The van der Waals surface area contributed by atoms with Gasteiger partial charge in [0.15, 0.2) is 0 Å². The number of rotatable bonds is 6. The fourth-order valence-corrected chi connectivity index (χ4v) is 3.54. The Hall–Kier alpha value is -0.940. The van der Waals surface area contributed by atoms with Gasteiger partial charge in [-0.1, -0.05) is 13.8 Å². The van der Waals surface area contributed by atoms with Crippen molar-refractivity contribution in [2.24, 2.45) is 5.92 Å². The topological polar surface area (TPSA) is 45.2 Å². The van der Waals surface area contributed by atoms with Gasteiger partial charge in [0.25, 0.3) is 0 Å². The summed E-state index contributed by atoms with van der Waals surface area (Å²) in [6.45, 7) is 7.69. The van der Waals surface area contributed by atoms with Gasteiger partial charge in [0.05, 0.1) is 6.04 Å². The van der Waals surface area contributed by atoms with E-state index in [4.69, 9.17) is 0 Å². The van der Waals surface area contributed by atoms with Gasteiger partial charge in [-0.3, -0.25) is 4.79 Å². The molecule has 1 aliphatic rings. The minimum absolute atomic E-state index is 0.0817. The van der Waals surface area contributed by atoms with Crippen LogP contribution in [0.4, 0.5) is 0 Å². The summed E-state index contributed by atoms with van der Waals surface area (Å²) in [5, 5.41) is 6.12. The van der Waals surface area contributed by atoms with Crippen LogP contribution in [0.5, 0.6) is 0 Å². The molecular formula is C15H25N3OS. The van der Waals surface area contributed by atoms with Crippen LogP contribution >= 0.6 is 11.3 Å². The summed E-state index contributed by atoms with van der Waals surface area (Å²) in [6, 6.07) is 0.0817. The average Bonchev–Trinajstić information content (AvgIpc) is 2.99. The van der Waals surface area contributed by atoms with Crippen LogP contribution < -0.4 is 5.32 Å². The second-order valence-corrected chi connectivity index (χ2v) is 6.41. The SMILES string of the molecule is CCC(NC(=O)CC1CCN(CC)CC1)c1nccs1. The highest BCUT2D eigenvalue weighted by Gasteiger charge is 2.22. The van der Waals surface area contributed by atoms with E-state index in [0.29, 0.717) is 12.3 Å². The van der Waals surface area contributed by atoms with E-state index in [1.54, 1.807) is 17.5 Å². The fraction of sp³-hybridized carbons (Fsp3) is 0.733. The standard InChI is InChI=1S/C15H25N3OS/c1-3-13(15-16-7-10-20-15)17-14(19)11-12-5-8-18(4-2)9-6-12/h7,10,12-13H,3-6,8-9,11H2,1-2H3,(H,17,19). The molecule has 0 aromatic carbocycles. The van der Waals surface area contributed by atoms with Gasteiger partial charge >= 0.3 is 0 Å². The lowest BCUT2D eigenvalue weighted by molar-refractivity contribution is -0.123. The summed E-state index contributed by atoms with van der Waals surface area (Å²) in [6.07, 6.45) is 5.66. The van der Waals surface area contributed by atoms with Crippen LogP contribution in [0.3, 0.4) is 0 Å². The lowest BCUT2D eigenvalue weighted by Gasteiger charge is -2.30. The number of hydrogen-bond donors (Lipinski definition) is 1. The molecule has 1 amide bonds. The molecule has 1 fully saturated rings. The van der Waals surface area contributed by atoms with E-state index in [9.17, 15) is 4.79 Å². The summed E-state index contributed by atoms with van der Waals surface area (Å²) < 4.78 is 0. The molecular weight excluding hydrogens is 270 g/mol. The van der Waals surface area contributed by atoms with Crippen molar-refractivity contribution in [3.8, 4) is 0 Å². The largest absolute Gasteiger partial charge is 0.347 e. The zero-order chi connectivity index (χ0) is 14.4. The first-order valence-electron chi connectivity index (χ1n) is 7.64. The smallest absolute Gasteiger partial charge is 0.220 e. The van der Waals surface area contributed by atoms with E-state index in [1.807, 2.05) is 5.38 Å². The molecule has 0 aliphatic carbocycles. The van der Waals surface area contributed by atoms with E-state index in [0.717, 1.165) is 43.9 Å². The Kier molecular flexibility index (Phi) is 5.98. The fourth-order valence-electron chi connectivity index (χ4n) is 2.77. The highest BCUT2D eigenvalue weighted by atomic mass is 32.1. The number of piperidine rings is 1. The number of carbonyl (C=O) groups is 1. The zero-order valence-electron chi connectivity index (χ0n) is 12.5. The molecule has 0 saturated carbocycles. The lowest BCUT2D eigenvalue weighted by Crippen LogP contribution is -2.36. The number of thiazole rings is 1. The molecule has 1 unspecified atom stereocenters. The van der Waals surface area contributed by atoms with Crippen molar-refractivity contribution in [3.05, 3.63) is 16.6 Å². The van der Waals surface area contributed by atoms with Gasteiger partial charge in [-0.05, 0) is 44.8 Å². The van der Waals surface area contributed by atoms with Crippen LogP contribution in [-0.2, 0) is 4.79 Å². The molecule has 0 radical (unpaired) electrons. The molecule has 20 heavy (non-hydrogen) atoms. The molecule has 0 bridgehead atoms. The highest BCUT2D eigenvalue weighted by molar-refractivity contribution is 7.09. The molecule has 5 heteroatoms. The Balaban J connectivity index is 1.77. The normalized spacial score (nSPS) is 18.9. The number of carbonyl (C=O) groups excluding carboxylic acids is 1. The Morgan fingerprint density at radius 3 is 2.80 bits per heavy atom. The third-order valence-corrected chi connectivity index (χ3v) is 5.01. The van der Waals surface area contributed by atoms with E-state index >= 15 is 0 Å². The van der Waals surface area contributed by atoms with Crippen molar-refractivity contribution in [3.63, 3.8) is 0 Å². The molecule has 4 nitrogen and oxygen atoms in total. The summed E-state index contributed by atoms with van der Waals surface area (Å²) in [7, 11) is 0. The van der Waals surface area contributed by atoms with Crippen molar-refractivity contribution in [2.75, 3.05) is 19.6 Å². The van der Waals surface area contributed by atoms with Crippen LogP contribution in [0.25, 0.3) is 0 Å². The molecule has 112 valence electrons. The predicted molar refractivity (Wildman–Crippen MR) is 82.7 cm³/mol. The third-order valence-electron chi connectivity index (χ3n) is 4.12. The molecule has 1 N–H and O–H groups in total. The predicted octanol–water partition coefficient (Wildman–Crippen LogP) is 2.83. The second kappa shape index (κ2) is 7.74. The number of hydrogen-bond acceptors (Lipinski definition) is 4. The molecule has 0 spiro atoms. The molecule has 1 aromatic heterocycles. The molecule has 2 heterocycles. The number of nitrogens with zero attached hydrogens (tertiary/aromatic N) is 2. The molecule has 1 saturated heterocycles. The number of likely N-dealkylation sites (tertiary alicyclic amines) is 1. The van der Waals surface area contributed by atoms with E-state index in [-0.39, 0.29) is 11.9 Å². The van der Waals surface area contributed by atoms with Gasteiger partial charge in [-0.25, -0.2) is 4.98 Å². The van der Waals surface area contributed by atoms with Crippen molar-refractivity contribution in [1.29, 1.82) is 0 Å². The van der Waals surface area contributed by atoms with Gasteiger partial charge in [0.1, 0.15) is 5.01 Å². The summed E-state index contributed by atoms with van der Waals surface area (Å²) in [5.41, 5.74) is 0. The van der Waals surface area contributed by atoms with Crippen LogP contribution in [0.15, 0.2) is 11.6 Å². The zero-order valence-corrected chi connectivity index (χ0v) is 13.3. The van der Waals surface area contributed by atoms with Crippen LogP contribution in [0.1, 0.15) is 50.6 Å².